The van der Waals surface area contributed by atoms with E-state index >= 15 is 0 Å². The van der Waals surface area contributed by atoms with E-state index in [9.17, 15) is 4.79 Å². The average Bonchev–Trinajstić information content (AvgIpc) is 2.71. The zero-order valence-electron chi connectivity index (χ0n) is 18.4. The molecule has 1 aromatic carbocycles. The molecule has 1 fully saturated rings. The van der Waals surface area contributed by atoms with Gasteiger partial charge in [0.2, 0.25) is 0 Å². The molecule has 1 aliphatic carbocycles. The first-order valence-corrected chi connectivity index (χ1v) is 10.2. The normalized spacial score (nSPS) is 21.9. The number of hydrogen-bond acceptors (Lipinski definition) is 5. The molecule has 1 aliphatic heterocycles. The number of fused-ring (bicyclic) bond motifs is 4. The molecule has 3 rings (SSSR count). The van der Waals surface area contributed by atoms with Gasteiger partial charge in [-0.1, -0.05) is 26.0 Å². The number of benzene rings is 1. The summed E-state index contributed by atoms with van der Waals surface area (Å²) in [6.07, 6.45) is 7.30. The van der Waals surface area contributed by atoms with Crippen LogP contribution in [0.2, 0.25) is 0 Å². The van der Waals surface area contributed by atoms with E-state index in [1.54, 1.807) is 7.11 Å². The SMILES string of the molecule is C=CCC[C@]12CCN(C)C(Cc3ccc(OC=O)c(OC)c31)C2.CC.CC(=O)O. The van der Waals surface area contributed by atoms with Crippen LogP contribution < -0.4 is 9.47 Å². The summed E-state index contributed by atoms with van der Waals surface area (Å²) in [5.74, 6) is 0.429. The number of hydrogen-bond donors (Lipinski definition) is 1. The molecule has 0 radical (unpaired) electrons. The van der Waals surface area contributed by atoms with E-state index in [4.69, 9.17) is 19.4 Å². The fraction of sp³-hybridized carbons (Fsp3) is 0.565. The molecule has 1 saturated heterocycles. The number of carboxylic acids is 1. The minimum Gasteiger partial charge on any atom is -0.493 e. The summed E-state index contributed by atoms with van der Waals surface area (Å²) in [5.41, 5.74) is 2.67. The number of likely N-dealkylation sites (tertiary alicyclic amines) is 1. The highest BCUT2D eigenvalue weighted by molar-refractivity contribution is 5.63. The first-order chi connectivity index (χ1) is 13.9. The summed E-state index contributed by atoms with van der Waals surface area (Å²) in [5, 5.41) is 7.42. The van der Waals surface area contributed by atoms with Crippen LogP contribution in [0.4, 0.5) is 0 Å². The van der Waals surface area contributed by atoms with Crippen LogP contribution >= 0.6 is 0 Å². The molecule has 6 nitrogen and oxygen atoms in total. The van der Waals surface area contributed by atoms with Crippen LogP contribution in [0.5, 0.6) is 11.5 Å². The van der Waals surface area contributed by atoms with Gasteiger partial charge in [-0.05, 0) is 57.3 Å². The van der Waals surface area contributed by atoms with Crippen molar-refractivity contribution >= 4 is 12.4 Å². The predicted molar refractivity (Wildman–Crippen MR) is 115 cm³/mol. The molecule has 0 spiro atoms. The first-order valence-electron chi connectivity index (χ1n) is 10.2. The Balaban J connectivity index is 0.000000627. The molecular weight excluding hydrogens is 370 g/mol. The van der Waals surface area contributed by atoms with Gasteiger partial charge >= 0.3 is 0 Å². The molecule has 1 N–H and O–H groups in total. The third-order valence-electron chi connectivity index (χ3n) is 5.59. The highest BCUT2D eigenvalue weighted by atomic mass is 16.5. The minimum atomic E-state index is -0.833. The van der Waals surface area contributed by atoms with Crippen LogP contribution in [0.15, 0.2) is 24.8 Å². The summed E-state index contributed by atoms with van der Waals surface area (Å²) in [4.78, 5) is 22.3. The molecule has 0 amide bonds. The number of nitrogens with zero attached hydrogens (tertiary/aromatic N) is 1. The lowest BCUT2D eigenvalue weighted by Crippen LogP contribution is -2.51. The summed E-state index contributed by atoms with van der Waals surface area (Å²) in [6.45, 7) is 10.5. The Bertz CT molecular complexity index is 699. The van der Waals surface area contributed by atoms with Gasteiger partial charge in [-0.15, -0.1) is 6.58 Å². The second-order valence-corrected chi connectivity index (χ2v) is 7.26. The topological polar surface area (TPSA) is 76.1 Å². The molecule has 162 valence electrons. The van der Waals surface area contributed by atoms with Gasteiger partial charge in [-0.2, -0.15) is 0 Å². The number of aliphatic carboxylic acids is 1. The maximum atomic E-state index is 10.8. The summed E-state index contributed by atoms with van der Waals surface area (Å²) in [7, 11) is 3.88. The Hall–Kier alpha value is -2.34. The largest absolute Gasteiger partial charge is 0.493 e. The van der Waals surface area contributed by atoms with E-state index in [2.05, 4.69) is 24.6 Å². The van der Waals surface area contributed by atoms with Crippen molar-refractivity contribution in [2.75, 3.05) is 20.7 Å². The van der Waals surface area contributed by atoms with E-state index in [1.807, 2.05) is 26.0 Å². The maximum absolute atomic E-state index is 10.8. The number of carboxylic acid groups (broad SMARTS) is 1. The van der Waals surface area contributed by atoms with Crippen molar-refractivity contribution in [1.82, 2.24) is 4.90 Å². The van der Waals surface area contributed by atoms with Crippen molar-refractivity contribution in [3.8, 4) is 11.5 Å². The van der Waals surface area contributed by atoms with Gasteiger partial charge in [0.25, 0.3) is 12.4 Å². The summed E-state index contributed by atoms with van der Waals surface area (Å²) < 4.78 is 10.9. The van der Waals surface area contributed by atoms with Gasteiger partial charge in [0, 0.05) is 23.9 Å². The maximum Gasteiger partial charge on any atom is 0.300 e. The second kappa shape index (κ2) is 11.6. The fourth-order valence-electron chi connectivity index (χ4n) is 4.42. The van der Waals surface area contributed by atoms with Crippen LogP contribution in [0.3, 0.4) is 0 Å². The first kappa shape index (κ1) is 24.7. The molecule has 1 unspecified atom stereocenters. The minimum absolute atomic E-state index is 0.0898. The Labute approximate surface area is 174 Å². The quantitative estimate of drug-likeness (QED) is 0.565. The van der Waals surface area contributed by atoms with E-state index in [-0.39, 0.29) is 5.41 Å². The molecule has 6 heteroatoms. The summed E-state index contributed by atoms with van der Waals surface area (Å²) in [6, 6.07) is 4.53. The van der Waals surface area contributed by atoms with Crippen LogP contribution in [0, 0.1) is 0 Å². The van der Waals surface area contributed by atoms with Crippen molar-refractivity contribution in [2.24, 2.45) is 0 Å². The molecular formula is C23H35NO5. The Kier molecular flexibility index (Phi) is 9.89. The van der Waals surface area contributed by atoms with Crippen LogP contribution in [-0.2, 0) is 21.4 Å². The zero-order chi connectivity index (χ0) is 22.0. The number of carbonyl (C=O) groups excluding carboxylic acids is 1. The van der Waals surface area contributed by atoms with Crippen molar-refractivity contribution in [2.45, 2.75) is 64.3 Å². The number of allylic oxidation sites excluding steroid dienone is 1. The number of piperidine rings is 1. The highest BCUT2D eigenvalue weighted by Crippen LogP contribution is 2.53. The van der Waals surface area contributed by atoms with Crippen LogP contribution in [0.1, 0.15) is 57.6 Å². The molecule has 2 atom stereocenters. The van der Waals surface area contributed by atoms with E-state index in [1.165, 1.54) is 11.1 Å². The van der Waals surface area contributed by atoms with Gasteiger partial charge in [-0.3, -0.25) is 9.59 Å². The monoisotopic (exact) mass is 405 g/mol. The molecule has 2 aliphatic rings. The third kappa shape index (κ3) is 5.82. The molecule has 29 heavy (non-hydrogen) atoms. The Morgan fingerprint density at radius 3 is 2.62 bits per heavy atom. The lowest BCUT2D eigenvalue weighted by Gasteiger charge is -2.51. The molecule has 2 bridgehead atoms. The second-order valence-electron chi connectivity index (χ2n) is 7.26. The van der Waals surface area contributed by atoms with Gasteiger partial charge in [-0.25, -0.2) is 0 Å². The molecule has 1 heterocycles. The smallest absolute Gasteiger partial charge is 0.300 e. The Morgan fingerprint density at radius 2 is 2.07 bits per heavy atom. The standard InChI is InChI=1S/C19H25NO3.C2H4O2.C2H6/c1-4-5-8-19-9-10-20(2)15(12-19)11-14-6-7-16(23-13-21)18(22-3)17(14)19;1-2(3)4;1-2/h4,6-7,13,15H,1,5,8-12H2,2-3H3;1H3,(H,3,4);1-2H3/t15?,19-;;/m1../s1. The molecule has 0 saturated carbocycles. The van der Waals surface area contributed by atoms with Crippen molar-refractivity contribution in [1.29, 1.82) is 0 Å². The van der Waals surface area contributed by atoms with Gasteiger partial charge in [0.05, 0.1) is 7.11 Å². The number of ether oxygens (including phenoxy) is 2. The fourth-order valence-corrected chi connectivity index (χ4v) is 4.42. The van der Waals surface area contributed by atoms with E-state index in [0.29, 0.717) is 18.3 Å². The van der Waals surface area contributed by atoms with E-state index < -0.39 is 5.97 Å². The summed E-state index contributed by atoms with van der Waals surface area (Å²) >= 11 is 0. The number of methoxy groups -OCH3 is 1. The van der Waals surface area contributed by atoms with Crippen molar-refractivity contribution < 1.29 is 24.2 Å². The average molecular weight is 406 g/mol. The van der Waals surface area contributed by atoms with Crippen molar-refractivity contribution in [3.63, 3.8) is 0 Å². The van der Waals surface area contributed by atoms with Crippen LogP contribution in [0.25, 0.3) is 0 Å². The molecule has 1 aromatic rings. The van der Waals surface area contributed by atoms with Gasteiger partial charge in [0.1, 0.15) is 0 Å². The Morgan fingerprint density at radius 1 is 1.41 bits per heavy atom. The van der Waals surface area contributed by atoms with E-state index in [0.717, 1.165) is 51.3 Å². The lowest BCUT2D eigenvalue weighted by atomic mass is 9.61. The number of rotatable bonds is 6. The van der Waals surface area contributed by atoms with Gasteiger partial charge in [0.15, 0.2) is 11.5 Å². The number of carbonyl (C=O) groups is 2. The van der Waals surface area contributed by atoms with Gasteiger partial charge < -0.3 is 19.5 Å². The number of likely N-dealkylation sites (N-methyl/N-ethyl adjacent to an activating group) is 1. The highest BCUT2D eigenvalue weighted by Gasteiger charge is 2.46. The lowest BCUT2D eigenvalue weighted by molar-refractivity contribution is -0.134. The third-order valence-corrected chi connectivity index (χ3v) is 5.59. The zero-order valence-corrected chi connectivity index (χ0v) is 18.4. The van der Waals surface area contributed by atoms with Crippen LogP contribution in [-0.4, -0.2) is 49.2 Å². The predicted octanol–water partition coefficient (Wildman–Crippen LogP) is 4.20. The van der Waals surface area contributed by atoms with Crippen molar-refractivity contribution in [3.05, 3.63) is 35.9 Å². The molecule has 0 aromatic heterocycles.